The van der Waals surface area contributed by atoms with Crippen molar-refractivity contribution in [3.63, 3.8) is 0 Å². The molecule has 3 aliphatic carbocycles. The third-order valence-electron chi connectivity index (χ3n) is 11.8. The first kappa shape index (κ1) is 35.4. The molecule has 3 saturated carbocycles. The van der Waals surface area contributed by atoms with E-state index in [0.717, 1.165) is 12.8 Å². The van der Waals surface area contributed by atoms with Crippen molar-refractivity contribution >= 4 is 17.6 Å². The lowest BCUT2D eigenvalue weighted by Crippen LogP contribution is -2.69. The zero-order valence-corrected chi connectivity index (χ0v) is 28.5. The van der Waals surface area contributed by atoms with E-state index in [1.54, 1.807) is 44.7 Å². The van der Waals surface area contributed by atoms with Gasteiger partial charge >= 0.3 is 5.97 Å². The number of anilines is 1. The minimum absolute atomic E-state index is 0.0685. The first-order valence-electron chi connectivity index (χ1n) is 16.7. The Labute approximate surface area is 269 Å². The first-order valence-corrected chi connectivity index (χ1v) is 16.7. The minimum Gasteiger partial charge on any atom is -0.505 e. The summed E-state index contributed by atoms with van der Waals surface area (Å²) in [6.07, 6.45) is 6.82. The SMILES string of the molecule is CCNC[C@@](C/C=C/OC)(OC(=O)c1ccccc1NC(C)=O)[C@H]1C[C@@H]2C[C@]1(C)[C@@H]1C[C@H](C)[C@H](CC)[C@]1(O)[C@]2(O)C[C@@H](C)OC. The number of methoxy groups -OCH3 is 2. The summed E-state index contributed by atoms with van der Waals surface area (Å²) in [6, 6.07) is 6.88. The van der Waals surface area contributed by atoms with Crippen LogP contribution in [0.5, 0.6) is 0 Å². The molecular weight excluding hydrogens is 572 g/mol. The van der Waals surface area contributed by atoms with Crippen LogP contribution >= 0.6 is 0 Å². The lowest BCUT2D eigenvalue weighted by atomic mass is 9.51. The van der Waals surface area contributed by atoms with Crippen molar-refractivity contribution in [2.75, 3.05) is 32.6 Å². The van der Waals surface area contributed by atoms with E-state index in [0.29, 0.717) is 44.5 Å². The number of nitrogens with one attached hydrogen (secondary N) is 2. The molecule has 4 rings (SSSR count). The second-order valence-corrected chi connectivity index (χ2v) is 14.2. The average Bonchev–Trinajstić information content (AvgIpc) is 3.49. The van der Waals surface area contributed by atoms with Crippen molar-refractivity contribution in [1.82, 2.24) is 5.32 Å². The zero-order valence-electron chi connectivity index (χ0n) is 28.5. The topological polar surface area (TPSA) is 126 Å². The van der Waals surface area contributed by atoms with Crippen LogP contribution in [-0.2, 0) is 19.0 Å². The van der Waals surface area contributed by atoms with Crippen molar-refractivity contribution in [2.45, 2.75) is 103 Å². The van der Waals surface area contributed by atoms with Gasteiger partial charge in [-0.1, -0.05) is 46.2 Å². The highest BCUT2D eigenvalue weighted by Crippen LogP contribution is 2.73. The summed E-state index contributed by atoms with van der Waals surface area (Å²) in [5.74, 6) is -1.28. The second kappa shape index (κ2) is 13.7. The third-order valence-corrected chi connectivity index (χ3v) is 11.8. The molecule has 2 bridgehead atoms. The largest absolute Gasteiger partial charge is 0.505 e. The van der Waals surface area contributed by atoms with E-state index in [1.807, 2.05) is 19.9 Å². The first-order chi connectivity index (χ1) is 21.3. The summed E-state index contributed by atoms with van der Waals surface area (Å²) in [7, 11) is 3.24. The van der Waals surface area contributed by atoms with Crippen molar-refractivity contribution in [3.05, 3.63) is 42.2 Å². The van der Waals surface area contributed by atoms with Gasteiger partial charge in [-0.15, -0.1) is 0 Å². The number of likely N-dealkylation sites (N-methyl/N-ethyl adjacent to an activating group) is 1. The molecule has 45 heavy (non-hydrogen) atoms. The average molecular weight is 629 g/mol. The molecule has 1 aromatic rings. The van der Waals surface area contributed by atoms with Gasteiger partial charge < -0.3 is 35.1 Å². The van der Waals surface area contributed by atoms with Gasteiger partial charge in [0.25, 0.3) is 0 Å². The van der Waals surface area contributed by atoms with Gasteiger partial charge in [0.1, 0.15) is 11.2 Å². The Morgan fingerprint density at radius 1 is 1.18 bits per heavy atom. The molecule has 0 aromatic heterocycles. The van der Waals surface area contributed by atoms with Crippen molar-refractivity contribution in [3.8, 4) is 0 Å². The van der Waals surface area contributed by atoms with Crippen LogP contribution in [0.1, 0.15) is 90.4 Å². The molecule has 0 radical (unpaired) electrons. The normalized spacial score (nSPS) is 35.9. The van der Waals surface area contributed by atoms with Crippen LogP contribution in [0.3, 0.4) is 0 Å². The summed E-state index contributed by atoms with van der Waals surface area (Å²) < 4.78 is 17.7. The van der Waals surface area contributed by atoms with Gasteiger partial charge in [-0.3, -0.25) is 4.79 Å². The van der Waals surface area contributed by atoms with Gasteiger partial charge in [0.05, 0.1) is 36.3 Å². The predicted molar refractivity (Wildman–Crippen MR) is 175 cm³/mol. The van der Waals surface area contributed by atoms with Crippen molar-refractivity contribution < 1.29 is 34.0 Å². The molecule has 1 aromatic carbocycles. The molecule has 3 aliphatic rings. The highest BCUT2D eigenvalue weighted by molar-refractivity contribution is 6.00. The van der Waals surface area contributed by atoms with Crippen LogP contribution in [0.15, 0.2) is 36.6 Å². The Balaban J connectivity index is 1.88. The van der Waals surface area contributed by atoms with Crippen molar-refractivity contribution in [2.24, 2.45) is 35.0 Å². The summed E-state index contributed by atoms with van der Waals surface area (Å²) in [5, 5.41) is 32.1. The smallest absolute Gasteiger partial charge is 0.340 e. The van der Waals surface area contributed by atoms with Crippen LogP contribution in [0, 0.1) is 35.0 Å². The van der Waals surface area contributed by atoms with E-state index in [1.165, 1.54) is 6.92 Å². The molecule has 0 spiro atoms. The molecule has 0 saturated heterocycles. The Morgan fingerprint density at radius 2 is 1.89 bits per heavy atom. The fraction of sp³-hybridized carbons (Fsp3) is 0.722. The maximum absolute atomic E-state index is 14.2. The monoisotopic (exact) mass is 628 g/mol. The van der Waals surface area contributed by atoms with Gasteiger partial charge in [0, 0.05) is 39.3 Å². The van der Waals surface area contributed by atoms with Gasteiger partial charge in [0.2, 0.25) is 5.91 Å². The van der Waals surface area contributed by atoms with E-state index < -0.39 is 28.2 Å². The van der Waals surface area contributed by atoms with Crippen molar-refractivity contribution in [1.29, 1.82) is 0 Å². The molecule has 252 valence electrons. The Morgan fingerprint density at radius 3 is 2.51 bits per heavy atom. The van der Waals surface area contributed by atoms with Crippen LogP contribution in [-0.4, -0.2) is 72.3 Å². The van der Waals surface area contributed by atoms with Crippen LogP contribution < -0.4 is 10.6 Å². The van der Waals surface area contributed by atoms with E-state index in [9.17, 15) is 19.8 Å². The number of amides is 1. The lowest BCUT2D eigenvalue weighted by Gasteiger charge is -2.59. The number of ether oxygens (including phenoxy) is 3. The number of esters is 1. The summed E-state index contributed by atoms with van der Waals surface area (Å²) in [5.41, 5.74) is -3.48. The zero-order chi connectivity index (χ0) is 33.2. The second-order valence-electron chi connectivity index (χ2n) is 14.2. The van der Waals surface area contributed by atoms with Gasteiger partial charge in [0.15, 0.2) is 0 Å². The fourth-order valence-corrected chi connectivity index (χ4v) is 9.94. The van der Waals surface area contributed by atoms with Gasteiger partial charge in [-0.25, -0.2) is 4.79 Å². The summed E-state index contributed by atoms with van der Waals surface area (Å²) in [6.45, 7) is 13.0. The highest BCUT2D eigenvalue weighted by Gasteiger charge is 2.77. The highest BCUT2D eigenvalue weighted by atomic mass is 16.6. The number of benzene rings is 1. The predicted octanol–water partition coefficient (Wildman–Crippen LogP) is 5.32. The van der Waals surface area contributed by atoms with E-state index in [-0.39, 0.29) is 47.2 Å². The molecule has 0 heterocycles. The summed E-state index contributed by atoms with van der Waals surface area (Å²) >= 11 is 0. The number of rotatable bonds is 14. The number of aliphatic hydroxyl groups is 2. The van der Waals surface area contributed by atoms with E-state index >= 15 is 0 Å². The Kier molecular flexibility index (Phi) is 10.8. The Hall–Kier alpha value is -2.46. The number of carbonyl (C=O) groups is 2. The Bertz CT molecular complexity index is 1240. The molecule has 9 nitrogen and oxygen atoms in total. The molecule has 4 N–H and O–H groups in total. The lowest BCUT2D eigenvalue weighted by molar-refractivity contribution is -0.265. The fourth-order valence-electron chi connectivity index (χ4n) is 9.94. The molecule has 9 heteroatoms. The van der Waals surface area contributed by atoms with Crippen LogP contribution in [0.25, 0.3) is 0 Å². The number of carbonyl (C=O) groups excluding carboxylic acids is 2. The number of fused-ring (bicyclic) bond motifs is 4. The van der Waals surface area contributed by atoms with Crippen LogP contribution in [0.4, 0.5) is 5.69 Å². The third kappa shape index (κ3) is 6.06. The molecule has 0 aliphatic heterocycles. The van der Waals surface area contributed by atoms with Crippen LogP contribution in [0.2, 0.25) is 0 Å². The van der Waals surface area contributed by atoms with Gasteiger partial charge in [-0.05, 0) is 80.0 Å². The maximum atomic E-state index is 14.2. The summed E-state index contributed by atoms with van der Waals surface area (Å²) in [4.78, 5) is 26.2. The molecule has 3 fully saturated rings. The molecule has 1 amide bonds. The van der Waals surface area contributed by atoms with Gasteiger partial charge in [-0.2, -0.15) is 0 Å². The molecule has 0 unspecified atom stereocenters. The maximum Gasteiger partial charge on any atom is 0.340 e. The number of para-hydroxylation sites is 1. The molecule has 10 atom stereocenters. The quantitative estimate of drug-likeness (QED) is 0.161. The number of hydrogen-bond donors (Lipinski definition) is 4. The standard InChI is InChI=1S/C36H56N2O7/c1-9-28-23(3)18-31-33(6)21-26(35(41,36(28,31)42)20-24(4)44-8)19-30(33)34(22-37-10-2,16-13-17-43-7)45-32(40)27-14-11-12-15-29(27)38-25(5)39/h11-15,17,23-24,26,28,30-31,37,41-42H,9-10,16,18-22H2,1-8H3,(H,38,39)/b17-13+/t23-,24+,26+,28-,30-,31-,33-,34+,35-,36+/m0/s1. The minimum atomic E-state index is -1.36. The van der Waals surface area contributed by atoms with E-state index in [2.05, 4.69) is 31.4 Å². The molecular formula is C36H56N2O7. The van der Waals surface area contributed by atoms with E-state index in [4.69, 9.17) is 14.2 Å². The number of hydrogen-bond acceptors (Lipinski definition) is 8.